The molecule has 23 heavy (non-hydrogen) atoms. The number of nitrogens with zero attached hydrogens (tertiary/aromatic N) is 2. The Labute approximate surface area is 142 Å². The summed E-state index contributed by atoms with van der Waals surface area (Å²) >= 11 is 3.27. The van der Waals surface area contributed by atoms with Gasteiger partial charge in [-0.25, -0.2) is 0 Å². The molecule has 1 aromatic carbocycles. The molecule has 2 aromatic rings. The van der Waals surface area contributed by atoms with Gasteiger partial charge in [0.25, 0.3) is 5.69 Å². The van der Waals surface area contributed by atoms with Gasteiger partial charge in [0, 0.05) is 17.1 Å². The zero-order chi connectivity index (χ0) is 16.2. The summed E-state index contributed by atoms with van der Waals surface area (Å²) in [5.41, 5.74) is 0.591. The number of halogens is 1. The van der Waals surface area contributed by atoms with Gasteiger partial charge in [-0.2, -0.15) is 0 Å². The van der Waals surface area contributed by atoms with E-state index in [1.807, 2.05) is 12.1 Å². The summed E-state index contributed by atoms with van der Waals surface area (Å²) in [6.07, 6.45) is 4.02. The molecule has 1 aliphatic rings. The Morgan fingerprint density at radius 2 is 2.13 bits per heavy atom. The maximum absolute atomic E-state index is 11.2. The molecule has 1 saturated heterocycles. The molecule has 2 heterocycles. The molecule has 0 bridgehead atoms. The van der Waals surface area contributed by atoms with Gasteiger partial charge < -0.3 is 9.73 Å². The Morgan fingerprint density at radius 1 is 1.35 bits per heavy atom. The third kappa shape index (κ3) is 3.73. The van der Waals surface area contributed by atoms with Gasteiger partial charge in [-0.05, 0) is 50.2 Å². The Bertz CT molecular complexity index is 669. The van der Waals surface area contributed by atoms with Crippen LogP contribution in [0, 0.1) is 10.1 Å². The van der Waals surface area contributed by atoms with Crippen molar-refractivity contribution in [3.05, 3.63) is 56.9 Å². The van der Waals surface area contributed by atoms with Crippen molar-refractivity contribution in [1.29, 1.82) is 0 Å². The summed E-state index contributed by atoms with van der Waals surface area (Å²) in [6, 6.07) is 8.95. The predicted molar refractivity (Wildman–Crippen MR) is 91.5 cm³/mol. The minimum absolute atomic E-state index is 0.0685. The van der Waals surface area contributed by atoms with Gasteiger partial charge in [0.05, 0.1) is 17.2 Å². The van der Waals surface area contributed by atoms with E-state index >= 15 is 0 Å². The maximum atomic E-state index is 11.2. The Hall–Kier alpha value is -1.86. The summed E-state index contributed by atoms with van der Waals surface area (Å²) in [7, 11) is 0. The second kappa shape index (κ2) is 7.14. The van der Waals surface area contributed by atoms with Gasteiger partial charge in [-0.1, -0.05) is 15.9 Å². The molecule has 0 aliphatic carbocycles. The minimum atomic E-state index is -0.370. The standard InChI is InChI=1S/C16H18BrN3O3/c17-12-5-6-13(14(10-12)20(21)22)18-11-15(16-4-3-9-23-16)19-7-1-2-8-19/h3-6,9-10,15,18H,1-2,7-8,11H2. The number of nitro benzene ring substituents is 1. The molecule has 3 rings (SSSR count). The van der Waals surface area contributed by atoms with E-state index in [1.54, 1.807) is 18.4 Å². The Morgan fingerprint density at radius 3 is 2.78 bits per heavy atom. The van der Waals surface area contributed by atoms with Gasteiger partial charge in [0.2, 0.25) is 0 Å². The molecule has 1 fully saturated rings. The molecular formula is C16H18BrN3O3. The van der Waals surface area contributed by atoms with E-state index in [-0.39, 0.29) is 16.7 Å². The Kier molecular flexibility index (Phi) is 4.97. The molecule has 0 spiro atoms. The molecule has 1 aromatic heterocycles. The van der Waals surface area contributed by atoms with E-state index in [1.165, 1.54) is 18.9 Å². The highest BCUT2D eigenvalue weighted by molar-refractivity contribution is 9.10. The highest BCUT2D eigenvalue weighted by Crippen LogP contribution is 2.30. The van der Waals surface area contributed by atoms with Gasteiger partial charge in [0.15, 0.2) is 0 Å². The molecule has 0 saturated carbocycles. The average Bonchev–Trinajstić information content (AvgIpc) is 3.22. The molecule has 1 atom stereocenters. The smallest absolute Gasteiger partial charge is 0.293 e. The summed E-state index contributed by atoms with van der Waals surface area (Å²) in [5.74, 6) is 0.888. The van der Waals surface area contributed by atoms with Crippen LogP contribution in [-0.4, -0.2) is 29.5 Å². The monoisotopic (exact) mass is 379 g/mol. The van der Waals surface area contributed by atoms with Crippen LogP contribution in [0.3, 0.4) is 0 Å². The average molecular weight is 380 g/mol. The maximum Gasteiger partial charge on any atom is 0.293 e. The number of hydrogen-bond donors (Lipinski definition) is 1. The Balaban J connectivity index is 1.78. The first kappa shape index (κ1) is 16.0. The van der Waals surface area contributed by atoms with Crippen molar-refractivity contribution < 1.29 is 9.34 Å². The van der Waals surface area contributed by atoms with Gasteiger partial charge >= 0.3 is 0 Å². The first-order chi connectivity index (χ1) is 11.1. The van der Waals surface area contributed by atoms with E-state index in [0.717, 1.165) is 18.8 Å². The van der Waals surface area contributed by atoms with Crippen LogP contribution >= 0.6 is 15.9 Å². The molecule has 0 amide bonds. The molecular weight excluding hydrogens is 362 g/mol. The van der Waals surface area contributed by atoms with Crippen LogP contribution in [0.15, 0.2) is 45.5 Å². The van der Waals surface area contributed by atoms with Crippen molar-refractivity contribution in [1.82, 2.24) is 4.90 Å². The molecule has 6 nitrogen and oxygen atoms in total. The first-order valence-electron chi connectivity index (χ1n) is 7.60. The fourth-order valence-electron chi connectivity index (χ4n) is 2.96. The second-order valence-electron chi connectivity index (χ2n) is 5.57. The molecule has 122 valence electrons. The van der Waals surface area contributed by atoms with E-state index in [0.29, 0.717) is 16.7 Å². The van der Waals surface area contributed by atoms with E-state index in [4.69, 9.17) is 4.42 Å². The highest BCUT2D eigenvalue weighted by atomic mass is 79.9. The van der Waals surface area contributed by atoms with Crippen LogP contribution in [0.25, 0.3) is 0 Å². The van der Waals surface area contributed by atoms with Crippen LogP contribution in [-0.2, 0) is 0 Å². The van der Waals surface area contributed by atoms with E-state index in [9.17, 15) is 10.1 Å². The molecule has 7 heteroatoms. The third-order valence-corrected chi connectivity index (χ3v) is 4.59. The summed E-state index contributed by atoms with van der Waals surface area (Å²) in [4.78, 5) is 13.2. The predicted octanol–water partition coefficient (Wildman–Crippen LogP) is 4.20. The van der Waals surface area contributed by atoms with Crippen molar-refractivity contribution in [2.45, 2.75) is 18.9 Å². The lowest BCUT2D eigenvalue weighted by molar-refractivity contribution is -0.384. The van der Waals surface area contributed by atoms with Crippen LogP contribution in [0.2, 0.25) is 0 Å². The number of benzene rings is 1. The van der Waals surface area contributed by atoms with Crippen LogP contribution in [0.1, 0.15) is 24.6 Å². The van der Waals surface area contributed by atoms with Gasteiger partial charge in [-0.15, -0.1) is 0 Å². The summed E-state index contributed by atoms with van der Waals surface area (Å²) in [6.45, 7) is 2.61. The fraction of sp³-hybridized carbons (Fsp3) is 0.375. The number of anilines is 1. The zero-order valence-electron chi connectivity index (χ0n) is 12.6. The van der Waals surface area contributed by atoms with Crippen LogP contribution < -0.4 is 5.32 Å². The lowest BCUT2D eigenvalue weighted by Gasteiger charge is -2.26. The fourth-order valence-corrected chi connectivity index (χ4v) is 3.30. The summed E-state index contributed by atoms with van der Waals surface area (Å²) < 4.78 is 6.26. The molecule has 0 radical (unpaired) electrons. The normalized spacial score (nSPS) is 16.4. The van der Waals surface area contributed by atoms with Gasteiger partial charge in [-0.3, -0.25) is 15.0 Å². The third-order valence-electron chi connectivity index (χ3n) is 4.10. The van der Waals surface area contributed by atoms with Crippen molar-refractivity contribution in [2.75, 3.05) is 25.0 Å². The van der Waals surface area contributed by atoms with E-state index < -0.39 is 0 Å². The number of nitro groups is 1. The van der Waals surface area contributed by atoms with Crippen LogP contribution in [0.4, 0.5) is 11.4 Å². The van der Waals surface area contributed by atoms with Crippen molar-refractivity contribution >= 4 is 27.3 Å². The van der Waals surface area contributed by atoms with Crippen molar-refractivity contribution in [3.63, 3.8) is 0 Å². The lowest BCUT2D eigenvalue weighted by Crippen LogP contribution is -2.30. The van der Waals surface area contributed by atoms with Gasteiger partial charge in [0.1, 0.15) is 11.4 Å². The number of furan rings is 1. The quantitative estimate of drug-likeness (QED) is 0.601. The molecule has 1 unspecified atom stereocenters. The number of hydrogen-bond acceptors (Lipinski definition) is 5. The largest absolute Gasteiger partial charge is 0.468 e. The van der Waals surface area contributed by atoms with Crippen molar-refractivity contribution in [3.8, 4) is 0 Å². The first-order valence-corrected chi connectivity index (χ1v) is 8.40. The lowest BCUT2D eigenvalue weighted by atomic mass is 10.2. The SMILES string of the molecule is O=[N+]([O-])c1cc(Br)ccc1NCC(c1ccco1)N1CCCC1. The topological polar surface area (TPSA) is 71.5 Å². The van der Waals surface area contributed by atoms with E-state index in [2.05, 4.69) is 26.1 Å². The zero-order valence-corrected chi connectivity index (χ0v) is 14.2. The number of nitrogens with one attached hydrogen (secondary N) is 1. The highest BCUT2D eigenvalue weighted by Gasteiger charge is 2.26. The summed E-state index contributed by atoms with van der Waals surface area (Å²) in [5, 5.41) is 14.4. The number of rotatable bonds is 6. The number of likely N-dealkylation sites (tertiary alicyclic amines) is 1. The molecule has 1 N–H and O–H groups in total. The van der Waals surface area contributed by atoms with Crippen molar-refractivity contribution in [2.24, 2.45) is 0 Å². The minimum Gasteiger partial charge on any atom is -0.468 e. The second-order valence-corrected chi connectivity index (χ2v) is 6.49. The molecule has 1 aliphatic heterocycles. The van der Waals surface area contributed by atoms with Crippen LogP contribution in [0.5, 0.6) is 0 Å².